The summed E-state index contributed by atoms with van der Waals surface area (Å²) in [5, 5.41) is 0. The molecule has 0 unspecified atom stereocenters. The molecule has 0 atom stereocenters. The molecule has 0 saturated carbocycles. The van der Waals surface area contributed by atoms with Gasteiger partial charge >= 0.3 is 15.6 Å². The molecule has 0 aromatic carbocycles. The van der Waals surface area contributed by atoms with Crippen LogP contribution in [-0.4, -0.2) is 13.9 Å². The van der Waals surface area contributed by atoms with Crippen LogP contribution in [0.1, 0.15) is 20.8 Å². The molecule has 20 heavy (non-hydrogen) atoms. The van der Waals surface area contributed by atoms with Crippen LogP contribution in [0.3, 0.4) is 0 Å². The molecular formula is C12H16F3NO3S. The van der Waals surface area contributed by atoms with Gasteiger partial charge in [-0.25, -0.2) is 0 Å². The molecule has 0 aromatic heterocycles. The minimum atomic E-state index is -5.72. The minimum absolute atomic E-state index is 0.402. The molecule has 0 aliphatic rings. The Morgan fingerprint density at radius 2 is 1.70 bits per heavy atom. The van der Waals surface area contributed by atoms with Gasteiger partial charge < -0.3 is 9.92 Å². The first-order chi connectivity index (χ1) is 8.90. The molecule has 0 fully saturated rings. The maximum absolute atomic E-state index is 12.2. The van der Waals surface area contributed by atoms with E-state index in [0.29, 0.717) is 16.8 Å². The molecule has 0 amide bonds. The van der Waals surface area contributed by atoms with Crippen molar-refractivity contribution in [2.45, 2.75) is 26.3 Å². The van der Waals surface area contributed by atoms with Crippen molar-refractivity contribution in [2.24, 2.45) is 5.73 Å². The smallest absolute Gasteiger partial charge is 0.402 e. The molecule has 4 nitrogen and oxygen atoms in total. The van der Waals surface area contributed by atoms with E-state index in [0.717, 1.165) is 12.2 Å². The van der Waals surface area contributed by atoms with Crippen LogP contribution in [0.25, 0.3) is 0 Å². The summed E-state index contributed by atoms with van der Waals surface area (Å²) in [5.41, 5.74) is 1.52. The third kappa shape index (κ3) is 5.52. The Balaban J connectivity index is 5.62. The van der Waals surface area contributed by atoms with E-state index in [1.54, 1.807) is 20.8 Å². The number of hydrogen-bond donors (Lipinski definition) is 1. The molecule has 0 bridgehead atoms. The van der Waals surface area contributed by atoms with Gasteiger partial charge in [-0.2, -0.15) is 21.6 Å². The summed E-state index contributed by atoms with van der Waals surface area (Å²) in [5.74, 6) is -0.545. The van der Waals surface area contributed by atoms with Gasteiger partial charge in [0.05, 0.1) is 0 Å². The van der Waals surface area contributed by atoms with Crippen molar-refractivity contribution in [3.05, 3.63) is 47.4 Å². The number of alkyl halides is 3. The van der Waals surface area contributed by atoms with E-state index in [9.17, 15) is 21.6 Å². The molecule has 114 valence electrons. The molecular weight excluding hydrogens is 295 g/mol. The highest BCUT2D eigenvalue weighted by molar-refractivity contribution is 7.87. The van der Waals surface area contributed by atoms with Crippen molar-refractivity contribution in [1.82, 2.24) is 0 Å². The summed E-state index contributed by atoms with van der Waals surface area (Å²) in [6.07, 6.45) is 3.45. The predicted octanol–water partition coefficient (Wildman–Crippen LogP) is 3.12. The zero-order valence-electron chi connectivity index (χ0n) is 11.3. The monoisotopic (exact) mass is 311 g/mol. The number of allylic oxidation sites excluding steroid dienone is 6. The van der Waals surface area contributed by atoms with Gasteiger partial charge in [-0.1, -0.05) is 12.2 Å². The van der Waals surface area contributed by atoms with Crippen molar-refractivity contribution in [1.29, 1.82) is 0 Å². The number of halogens is 3. The highest BCUT2D eigenvalue weighted by Gasteiger charge is 2.48. The Labute approximate surface area is 116 Å². The SMILES string of the molecule is C=C/C(=C\C(/C=C(\C)N)=C(C)C)OS(=O)(=O)C(F)(F)F. The lowest BCUT2D eigenvalue weighted by molar-refractivity contribution is -0.0519. The molecule has 8 heteroatoms. The number of hydrogen-bond acceptors (Lipinski definition) is 4. The topological polar surface area (TPSA) is 69.4 Å². The first-order valence-corrected chi connectivity index (χ1v) is 6.77. The van der Waals surface area contributed by atoms with Gasteiger partial charge in [-0.3, -0.25) is 0 Å². The second-order valence-electron chi connectivity index (χ2n) is 4.08. The van der Waals surface area contributed by atoms with E-state index < -0.39 is 21.4 Å². The fourth-order valence-electron chi connectivity index (χ4n) is 1.02. The van der Waals surface area contributed by atoms with Crippen LogP contribution in [0.15, 0.2) is 47.4 Å². The van der Waals surface area contributed by atoms with Gasteiger partial charge in [0.15, 0.2) is 0 Å². The van der Waals surface area contributed by atoms with E-state index in [1.165, 1.54) is 6.08 Å². The Morgan fingerprint density at radius 3 is 2.00 bits per heavy atom. The lowest BCUT2D eigenvalue weighted by atomic mass is 10.1. The highest BCUT2D eigenvalue weighted by atomic mass is 32.2. The summed E-state index contributed by atoms with van der Waals surface area (Å²) in [6, 6.07) is 0. The van der Waals surface area contributed by atoms with Crippen LogP contribution >= 0.6 is 0 Å². The van der Waals surface area contributed by atoms with Crippen LogP contribution < -0.4 is 5.73 Å². The van der Waals surface area contributed by atoms with Crippen LogP contribution in [0.4, 0.5) is 13.2 Å². The summed E-state index contributed by atoms with van der Waals surface area (Å²) in [4.78, 5) is 0. The average molecular weight is 311 g/mol. The molecule has 0 aliphatic heterocycles. The molecule has 0 rings (SSSR count). The van der Waals surface area contributed by atoms with E-state index in [1.807, 2.05) is 0 Å². The van der Waals surface area contributed by atoms with Crippen molar-refractivity contribution in [3.63, 3.8) is 0 Å². The second kappa shape index (κ2) is 6.65. The van der Waals surface area contributed by atoms with Gasteiger partial charge in [0.25, 0.3) is 0 Å². The van der Waals surface area contributed by atoms with Crippen molar-refractivity contribution >= 4 is 10.1 Å². The lowest BCUT2D eigenvalue weighted by Gasteiger charge is -2.10. The largest absolute Gasteiger partial charge is 0.534 e. The lowest BCUT2D eigenvalue weighted by Crippen LogP contribution is -2.25. The molecule has 0 radical (unpaired) electrons. The molecule has 2 N–H and O–H groups in total. The average Bonchev–Trinajstić information content (AvgIpc) is 2.24. The van der Waals surface area contributed by atoms with Crippen molar-refractivity contribution < 1.29 is 25.8 Å². The van der Waals surface area contributed by atoms with Gasteiger partial charge in [0, 0.05) is 5.70 Å². The van der Waals surface area contributed by atoms with E-state index in [4.69, 9.17) is 5.73 Å². The van der Waals surface area contributed by atoms with Gasteiger partial charge in [0.1, 0.15) is 5.76 Å². The molecule has 0 saturated heterocycles. The van der Waals surface area contributed by atoms with Crippen molar-refractivity contribution in [2.75, 3.05) is 0 Å². The fraction of sp³-hybridized carbons (Fsp3) is 0.333. The quantitative estimate of drug-likeness (QED) is 0.366. The standard InChI is InChI=1S/C12H16F3NO3S/c1-5-11(19-20(17,18)12(13,14)15)7-10(8(2)3)6-9(4)16/h5-7H,1,16H2,2-4H3/b9-6+,11-7+. The Kier molecular flexibility index (Phi) is 6.08. The van der Waals surface area contributed by atoms with Gasteiger partial charge in [-0.05, 0) is 44.6 Å². The number of nitrogens with two attached hydrogens (primary N) is 1. The fourth-order valence-corrected chi connectivity index (χ4v) is 1.48. The number of rotatable bonds is 5. The first kappa shape index (κ1) is 18.3. The highest BCUT2D eigenvalue weighted by Crippen LogP contribution is 2.27. The Bertz CT molecular complexity index is 561. The summed E-state index contributed by atoms with van der Waals surface area (Å²) < 4.78 is 62.5. The van der Waals surface area contributed by atoms with Gasteiger partial charge in [-0.15, -0.1) is 0 Å². The maximum Gasteiger partial charge on any atom is 0.534 e. The first-order valence-electron chi connectivity index (χ1n) is 5.37. The van der Waals surface area contributed by atoms with Crippen molar-refractivity contribution in [3.8, 4) is 0 Å². The van der Waals surface area contributed by atoms with Crippen LogP contribution in [0.5, 0.6) is 0 Å². The zero-order chi connectivity index (χ0) is 16.1. The predicted molar refractivity (Wildman–Crippen MR) is 70.7 cm³/mol. The van der Waals surface area contributed by atoms with Crippen LogP contribution in [0.2, 0.25) is 0 Å². The van der Waals surface area contributed by atoms with Gasteiger partial charge in [0.2, 0.25) is 0 Å². The molecule has 0 aliphatic carbocycles. The summed E-state index contributed by atoms with van der Waals surface area (Å²) in [7, 11) is -5.72. The van der Waals surface area contributed by atoms with E-state index in [2.05, 4.69) is 10.8 Å². The maximum atomic E-state index is 12.2. The molecule has 0 spiro atoms. The molecule has 0 heterocycles. The zero-order valence-corrected chi connectivity index (χ0v) is 12.1. The normalized spacial score (nSPS) is 13.9. The Hall–Kier alpha value is -1.70. The second-order valence-corrected chi connectivity index (χ2v) is 5.62. The minimum Gasteiger partial charge on any atom is -0.402 e. The van der Waals surface area contributed by atoms with E-state index in [-0.39, 0.29) is 0 Å². The molecule has 0 aromatic rings. The third-order valence-electron chi connectivity index (χ3n) is 1.95. The van der Waals surface area contributed by atoms with E-state index >= 15 is 0 Å². The summed E-state index contributed by atoms with van der Waals surface area (Å²) >= 11 is 0. The van der Waals surface area contributed by atoms with Crippen LogP contribution in [-0.2, 0) is 14.3 Å². The van der Waals surface area contributed by atoms with Crippen LogP contribution in [0, 0.1) is 0 Å². The summed E-state index contributed by atoms with van der Waals surface area (Å²) in [6.45, 7) is 8.17. The third-order valence-corrected chi connectivity index (χ3v) is 2.93. The Morgan fingerprint density at radius 1 is 1.20 bits per heavy atom.